The lowest BCUT2D eigenvalue weighted by molar-refractivity contribution is 0.305. The van der Waals surface area contributed by atoms with Gasteiger partial charge >= 0.3 is 0 Å². The molecule has 0 aromatic heterocycles. The smallest absolute Gasteiger partial charge is 0.120 e. The van der Waals surface area contributed by atoms with Gasteiger partial charge in [0, 0.05) is 4.90 Å². The number of aryl methyl sites for hydroxylation is 1. The van der Waals surface area contributed by atoms with Gasteiger partial charge in [-0.25, -0.2) is 0 Å². The monoisotopic (exact) mass is 288 g/mol. The molecule has 2 nitrogen and oxygen atoms in total. The van der Waals surface area contributed by atoms with Gasteiger partial charge in [0.05, 0.1) is 7.11 Å². The molecule has 0 saturated heterocycles. The summed E-state index contributed by atoms with van der Waals surface area (Å²) in [5, 5.41) is 0. The molecule has 2 aromatic carbocycles. The van der Waals surface area contributed by atoms with Gasteiger partial charge in [-0.15, -0.1) is 11.8 Å². The average molecular weight is 288 g/mol. The molecule has 0 aliphatic heterocycles. The van der Waals surface area contributed by atoms with Crippen LogP contribution in [0.25, 0.3) is 0 Å². The fourth-order valence-corrected chi connectivity index (χ4v) is 2.68. The number of benzene rings is 2. The van der Waals surface area contributed by atoms with Crippen LogP contribution in [0.4, 0.5) is 0 Å². The summed E-state index contributed by atoms with van der Waals surface area (Å²) in [6, 6.07) is 14.2. The predicted molar refractivity (Wildman–Crippen MR) is 84.9 cm³/mol. The second-order valence-electron chi connectivity index (χ2n) is 4.50. The Morgan fingerprint density at radius 1 is 1.00 bits per heavy atom. The molecular formula is C17H20O2S. The standard InChI is InChI=1S/C17H20O2S/c1-4-20-17-10-9-16(11-13(17)2)19-12-14-5-7-15(18-3)8-6-14/h5-11H,4,12H2,1-3H3. The zero-order valence-corrected chi connectivity index (χ0v) is 13.0. The van der Waals surface area contributed by atoms with E-state index in [4.69, 9.17) is 9.47 Å². The van der Waals surface area contributed by atoms with Crippen LogP contribution < -0.4 is 9.47 Å². The topological polar surface area (TPSA) is 18.5 Å². The van der Waals surface area contributed by atoms with Crippen LogP contribution in [0.5, 0.6) is 11.5 Å². The third-order valence-electron chi connectivity index (χ3n) is 3.01. The van der Waals surface area contributed by atoms with Gasteiger partial charge in [0.15, 0.2) is 0 Å². The van der Waals surface area contributed by atoms with Gasteiger partial charge in [-0.05, 0) is 54.1 Å². The van der Waals surface area contributed by atoms with Gasteiger partial charge in [-0.1, -0.05) is 19.1 Å². The Kier molecular flexibility index (Phi) is 5.36. The number of rotatable bonds is 6. The van der Waals surface area contributed by atoms with Crippen molar-refractivity contribution in [3.63, 3.8) is 0 Å². The van der Waals surface area contributed by atoms with Crippen molar-refractivity contribution in [1.29, 1.82) is 0 Å². The van der Waals surface area contributed by atoms with Gasteiger partial charge in [0.25, 0.3) is 0 Å². The first-order valence-electron chi connectivity index (χ1n) is 6.72. The van der Waals surface area contributed by atoms with Gasteiger partial charge in [-0.3, -0.25) is 0 Å². The third kappa shape index (κ3) is 3.94. The average Bonchev–Trinajstić information content (AvgIpc) is 2.48. The minimum absolute atomic E-state index is 0.573. The molecule has 0 atom stereocenters. The summed E-state index contributed by atoms with van der Waals surface area (Å²) in [6.07, 6.45) is 0. The number of methoxy groups -OCH3 is 1. The Balaban J connectivity index is 1.97. The first-order chi connectivity index (χ1) is 9.72. The minimum Gasteiger partial charge on any atom is -0.497 e. The zero-order chi connectivity index (χ0) is 14.4. The Morgan fingerprint density at radius 3 is 2.30 bits per heavy atom. The summed E-state index contributed by atoms with van der Waals surface area (Å²) in [6.45, 7) is 4.86. The molecule has 0 amide bonds. The van der Waals surface area contributed by atoms with Crippen LogP contribution in [0.2, 0.25) is 0 Å². The summed E-state index contributed by atoms with van der Waals surface area (Å²) in [7, 11) is 1.67. The summed E-state index contributed by atoms with van der Waals surface area (Å²) in [5.74, 6) is 2.87. The molecule has 106 valence electrons. The maximum absolute atomic E-state index is 5.83. The van der Waals surface area contributed by atoms with Gasteiger partial charge < -0.3 is 9.47 Å². The lowest BCUT2D eigenvalue weighted by atomic mass is 10.2. The molecule has 0 radical (unpaired) electrons. The van der Waals surface area contributed by atoms with Crippen molar-refractivity contribution in [1.82, 2.24) is 0 Å². The van der Waals surface area contributed by atoms with Crippen LogP contribution in [-0.4, -0.2) is 12.9 Å². The maximum atomic E-state index is 5.83. The highest BCUT2D eigenvalue weighted by Gasteiger charge is 2.02. The van der Waals surface area contributed by atoms with Crippen molar-refractivity contribution < 1.29 is 9.47 Å². The van der Waals surface area contributed by atoms with E-state index in [2.05, 4.69) is 26.0 Å². The number of hydrogen-bond acceptors (Lipinski definition) is 3. The highest BCUT2D eigenvalue weighted by atomic mass is 32.2. The van der Waals surface area contributed by atoms with Crippen molar-refractivity contribution in [2.45, 2.75) is 25.3 Å². The number of hydrogen-bond donors (Lipinski definition) is 0. The van der Waals surface area contributed by atoms with Crippen LogP contribution in [0.1, 0.15) is 18.1 Å². The minimum atomic E-state index is 0.573. The molecule has 0 fully saturated rings. The summed E-state index contributed by atoms with van der Waals surface area (Å²) in [4.78, 5) is 1.32. The fourth-order valence-electron chi connectivity index (χ4n) is 1.92. The molecule has 0 bridgehead atoms. The molecule has 0 aliphatic carbocycles. The molecule has 3 heteroatoms. The number of ether oxygens (including phenoxy) is 2. The van der Waals surface area contributed by atoms with Crippen molar-refractivity contribution >= 4 is 11.8 Å². The van der Waals surface area contributed by atoms with Gasteiger partial charge in [0.1, 0.15) is 18.1 Å². The van der Waals surface area contributed by atoms with Crippen molar-refractivity contribution in [3.8, 4) is 11.5 Å². The van der Waals surface area contributed by atoms with E-state index >= 15 is 0 Å². The van der Waals surface area contributed by atoms with Crippen LogP contribution >= 0.6 is 11.8 Å². The first kappa shape index (κ1) is 14.8. The van der Waals surface area contributed by atoms with E-state index in [1.807, 2.05) is 42.1 Å². The lowest BCUT2D eigenvalue weighted by Gasteiger charge is -2.10. The highest BCUT2D eigenvalue weighted by Crippen LogP contribution is 2.26. The molecule has 2 rings (SSSR count). The second-order valence-corrected chi connectivity index (χ2v) is 5.80. The molecule has 0 saturated carbocycles. The SMILES string of the molecule is CCSc1ccc(OCc2ccc(OC)cc2)cc1C. The van der Waals surface area contributed by atoms with E-state index in [9.17, 15) is 0 Å². The van der Waals surface area contributed by atoms with Crippen LogP contribution in [0.15, 0.2) is 47.4 Å². The maximum Gasteiger partial charge on any atom is 0.120 e. The Morgan fingerprint density at radius 2 is 1.70 bits per heavy atom. The predicted octanol–water partition coefficient (Wildman–Crippen LogP) is 4.69. The van der Waals surface area contributed by atoms with Crippen LogP contribution in [0, 0.1) is 6.92 Å². The van der Waals surface area contributed by atoms with Crippen LogP contribution in [0.3, 0.4) is 0 Å². The van der Waals surface area contributed by atoms with Crippen molar-refractivity contribution in [2.24, 2.45) is 0 Å². The molecule has 20 heavy (non-hydrogen) atoms. The molecule has 0 unspecified atom stereocenters. The summed E-state index contributed by atoms with van der Waals surface area (Å²) >= 11 is 1.86. The molecule has 0 N–H and O–H groups in total. The zero-order valence-electron chi connectivity index (χ0n) is 12.2. The van der Waals surface area contributed by atoms with E-state index in [1.165, 1.54) is 10.5 Å². The summed E-state index contributed by atoms with van der Waals surface area (Å²) in [5.41, 5.74) is 2.40. The molecule has 0 aliphatic rings. The quantitative estimate of drug-likeness (QED) is 0.718. The molecule has 2 aromatic rings. The molecule has 0 spiro atoms. The lowest BCUT2D eigenvalue weighted by Crippen LogP contribution is -1.96. The fraction of sp³-hybridized carbons (Fsp3) is 0.294. The van der Waals surface area contributed by atoms with E-state index in [1.54, 1.807) is 7.11 Å². The normalized spacial score (nSPS) is 10.3. The highest BCUT2D eigenvalue weighted by molar-refractivity contribution is 7.99. The molecular weight excluding hydrogens is 268 g/mol. The number of thioether (sulfide) groups is 1. The van der Waals surface area contributed by atoms with Gasteiger partial charge in [-0.2, -0.15) is 0 Å². The van der Waals surface area contributed by atoms with Crippen LogP contribution in [-0.2, 0) is 6.61 Å². The Hall–Kier alpha value is -1.61. The largest absolute Gasteiger partial charge is 0.497 e. The van der Waals surface area contributed by atoms with Gasteiger partial charge in [0.2, 0.25) is 0 Å². The Bertz CT molecular complexity index is 549. The van der Waals surface area contributed by atoms with Crippen molar-refractivity contribution in [2.75, 3.05) is 12.9 Å². The van der Waals surface area contributed by atoms with E-state index in [0.29, 0.717) is 6.61 Å². The Labute approximate surface area is 125 Å². The molecule has 0 heterocycles. The van der Waals surface area contributed by atoms with E-state index in [0.717, 1.165) is 22.8 Å². The first-order valence-corrected chi connectivity index (χ1v) is 7.70. The summed E-state index contributed by atoms with van der Waals surface area (Å²) < 4.78 is 11.0. The third-order valence-corrected chi connectivity index (χ3v) is 4.07. The second kappa shape index (κ2) is 7.25. The van der Waals surface area contributed by atoms with E-state index < -0.39 is 0 Å². The van der Waals surface area contributed by atoms with E-state index in [-0.39, 0.29) is 0 Å². The van der Waals surface area contributed by atoms with Crippen molar-refractivity contribution in [3.05, 3.63) is 53.6 Å².